The van der Waals surface area contributed by atoms with Crippen LogP contribution in [0.2, 0.25) is 5.15 Å². The van der Waals surface area contributed by atoms with Crippen molar-refractivity contribution >= 4 is 23.3 Å². The molecular formula is C11H11ClN4. The van der Waals surface area contributed by atoms with Crippen LogP contribution < -0.4 is 5.32 Å². The number of aromatic nitrogens is 2. The predicted molar refractivity (Wildman–Crippen MR) is 63.8 cm³/mol. The van der Waals surface area contributed by atoms with Crippen molar-refractivity contribution in [2.75, 3.05) is 11.9 Å². The van der Waals surface area contributed by atoms with E-state index in [-0.39, 0.29) is 0 Å². The second-order valence-corrected chi connectivity index (χ2v) is 4.43. The molecule has 1 aromatic rings. The van der Waals surface area contributed by atoms with E-state index in [2.05, 4.69) is 26.4 Å². The van der Waals surface area contributed by atoms with Crippen LogP contribution >= 0.6 is 11.6 Å². The second kappa shape index (κ2) is 3.87. The average molecular weight is 235 g/mol. The molecule has 0 atom stereocenters. The first-order valence-electron chi connectivity index (χ1n) is 5.31. The van der Waals surface area contributed by atoms with Crippen LogP contribution in [-0.4, -0.2) is 22.3 Å². The Labute approximate surface area is 98.5 Å². The van der Waals surface area contributed by atoms with Gasteiger partial charge in [-0.2, -0.15) is 0 Å². The SMILES string of the molecule is Clc1cc(NC2=NCC(C3CC3)=C2)ncn1. The van der Waals surface area contributed by atoms with E-state index in [1.54, 1.807) is 6.07 Å². The number of hydrogen-bond donors (Lipinski definition) is 1. The molecule has 0 saturated heterocycles. The van der Waals surface area contributed by atoms with E-state index in [4.69, 9.17) is 11.6 Å². The number of aliphatic imine (C=N–C) groups is 1. The normalized spacial score (nSPS) is 19.3. The van der Waals surface area contributed by atoms with Crippen LogP contribution in [0, 0.1) is 5.92 Å². The molecule has 0 bridgehead atoms. The molecule has 1 aromatic heterocycles. The van der Waals surface area contributed by atoms with Crippen LogP contribution in [0.1, 0.15) is 12.8 Å². The van der Waals surface area contributed by atoms with Crippen molar-refractivity contribution in [3.05, 3.63) is 29.2 Å². The molecule has 0 spiro atoms. The largest absolute Gasteiger partial charge is 0.325 e. The van der Waals surface area contributed by atoms with Gasteiger partial charge in [0.05, 0.1) is 6.54 Å². The van der Waals surface area contributed by atoms with Crippen molar-refractivity contribution < 1.29 is 0 Å². The molecule has 0 unspecified atom stereocenters. The maximum atomic E-state index is 5.77. The van der Waals surface area contributed by atoms with E-state index in [1.807, 2.05) is 0 Å². The Bertz CT molecular complexity index is 477. The van der Waals surface area contributed by atoms with Gasteiger partial charge in [0.1, 0.15) is 23.1 Å². The highest BCUT2D eigenvalue weighted by atomic mass is 35.5. The lowest BCUT2D eigenvalue weighted by atomic mass is 10.2. The van der Waals surface area contributed by atoms with Crippen molar-refractivity contribution in [2.24, 2.45) is 10.9 Å². The van der Waals surface area contributed by atoms with Crippen LogP contribution in [0.15, 0.2) is 29.0 Å². The summed E-state index contributed by atoms with van der Waals surface area (Å²) in [5.74, 6) is 2.33. The van der Waals surface area contributed by atoms with E-state index < -0.39 is 0 Å². The molecule has 2 heterocycles. The number of nitrogens with zero attached hydrogens (tertiary/aromatic N) is 3. The average Bonchev–Trinajstić information content (AvgIpc) is 3.01. The van der Waals surface area contributed by atoms with Gasteiger partial charge in [-0.25, -0.2) is 9.97 Å². The molecule has 2 aliphatic rings. The summed E-state index contributed by atoms with van der Waals surface area (Å²) in [4.78, 5) is 12.3. The molecule has 1 fully saturated rings. The summed E-state index contributed by atoms with van der Waals surface area (Å²) in [7, 11) is 0. The monoisotopic (exact) mass is 234 g/mol. The maximum Gasteiger partial charge on any atom is 0.136 e. The number of anilines is 1. The summed E-state index contributed by atoms with van der Waals surface area (Å²) in [6.07, 6.45) is 6.18. The molecule has 0 amide bonds. The standard InChI is InChI=1S/C11H11ClN4/c12-9-4-11(15-6-14-9)16-10-3-8(5-13-10)7-1-2-7/h3-4,6-7H,1-2,5H2,(H,13,14,15,16). The fourth-order valence-electron chi connectivity index (χ4n) is 1.75. The van der Waals surface area contributed by atoms with Gasteiger partial charge < -0.3 is 5.32 Å². The van der Waals surface area contributed by atoms with E-state index in [9.17, 15) is 0 Å². The second-order valence-electron chi connectivity index (χ2n) is 4.05. The number of rotatable bonds is 2. The van der Waals surface area contributed by atoms with Crippen molar-refractivity contribution in [1.29, 1.82) is 0 Å². The minimum Gasteiger partial charge on any atom is -0.325 e. The number of nitrogens with one attached hydrogen (secondary N) is 1. The smallest absolute Gasteiger partial charge is 0.136 e. The third kappa shape index (κ3) is 2.07. The van der Waals surface area contributed by atoms with Gasteiger partial charge in [0.15, 0.2) is 0 Å². The lowest BCUT2D eigenvalue weighted by Gasteiger charge is -2.02. The van der Waals surface area contributed by atoms with Gasteiger partial charge in [0.2, 0.25) is 0 Å². The zero-order valence-electron chi connectivity index (χ0n) is 8.65. The fraction of sp³-hybridized carbons (Fsp3) is 0.364. The van der Waals surface area contributed by atoms with Gasteiger partial charge in [-0.1, -0.05) is 11.6 Å². The Balaban J connectivity index is 1.71. The summed E-state index contributed by atoms with van der Waals surface area (Å²) in [5, 5.41) is 3.57. The van der Waals surface area contributed by atoms with Crippen LogP contribution in [-0.2, 0) is 0 Å². The van der Waals surface area contributed by atoms with Gasteiger partial charge in [0, 0.05) is 6.07 Å². The van der Waals surface area contributed by atoms with Gasteiger partial charge in [0.25, 0.3) is 0 Å². The molecule has 0 radical (unpaired) electrons. The summed E-state index contributed by atoms with van der Waals surface area (Å²) in [6.45, 7) is 0.825. The van der Waals surface area contributed by atoms with Crippen molar-refractivity contribution in [3.8, 4) is 0 Å². The third-order valence-electron chi connectivity index (χ3n) is 2.75. The molecule has 3 rings (SSSR count). The van der Waals surface area contributed by atoms with Crippen LogP contribution in [0.25, 0.3) is 0 Å². The molecular weight excluding hydrogens is 224 g/mol. The first-order chi connectivity index (χ1) is 7.81. The Morgan fingerprint density at radius 3 is 2.94 bits per heavy atom. The first-order valence-corrected chi connectivity index (χ1v) is 5.68. The van der Waals surface area contributed by atoms with Gasteiger partial charge in [-0.3, -0.25) is 4.99 Å². The summed E-state index contributed by atoms with van der Waals surface area (Å²) in [5.41, 5.74) is 1.43. The predicted octanol–water partition coefficient (Wildman–Crippen LogP) is 2.29. The molecule has 82 valence electrons. The third-order valence-corrected chi connectivity index (χ3v) is 2.95. The maximum absolute atomic E-state index is 5.77. The highest BCUT2D eigenvalue weighted by Gasteiger charge is 2.27. The van der Waals surface area contributed by atoms with Crippen molar-refractivity contribution in [1.82, 2.24) is 9.97 Å². The number of amidine groups is 1. The lowest BCUT2D eigenvalue weighted by molar-refractivity contribution is 0.959. The molecule has 0 aromatic carbocycles. The Morgan fingerprint density at radius 2 is 2.19 bits per heavy atom. The van der Waals surface area contributed by atoms with E-state index >= 15 is 0 Å². The van der Waals surface area contributed by atoms with E-state index in [0.717, 1.165) is 18.3 Å². The molecule has 16 heavy (non-hydrogen) atoms. The topological polar surface area (TPSA) is 50.2 Å². The quantitative estimate of drug-likeness (QED) is 0.799. The van der Waals surface area contributed by atoms with E-state index in [1.165, 1.54) is 24.7 Å². The van der Waals surface area contributed by atoms with Gasteiger partial charge >= 0.3 is 0 Å². The van der Waals surface area contributed by atoms with Crippen LogP contribution in [0.5, 0.6) is 0 Å². The fourth-order valence-corrected chi connectivity index (χ4v) is 1.90. The highest BCUT2D eigenvalue weighted by molar-refractivity contribution is 6.29. The number of hydrogen-bond acceptors (Lipinski definition) is 4. The van der Waals surface area contributed by atoms with Crippen molar-refractivity contribution in [2.45, 2.75) is 12.8 Å². The highest BCUT2D eigenvalue weighted by Crippen LogP contribution is 2.37. The summed E-state index contributed by atoms with van der Waals surface area (Å²) >= 11 is 5.77. The van der Waals surface area contributed by atoms with Crippen LogP contribution in [0.3, 0.4) is 0 Å². The molecule has 1 N–H and O–H groups in total. The molecule has 1 saturated carbocycles. The Morgan fingerprint density at radius 1 is 1.31 bits per heavy atom. The lowest BCUT2D eigenvalue weighted by Crippen LogP contribution is -2.08. The van der Waals surface area contributed by atoms with Crippen LogP contribution in [0.4, 0.5) is 5.82 Å². The minimum absolute atomic E-state index is 0.433. The molecule has 1 aliphatic heterocycles. The van der Waals surface area contributed by atoms with Gasteiger partial charge in [-0.05, 0) is 30.4 Å². The summed E-state index contributed by atoms with van der Waals surface area (Å²) < 4.78 is 0. The Hall–Kier alpha value is -1.42. The number of halogens is 1. The van der Waals surface area contributed by atoms with E-state index in [0.29, 0.717) is 11.0 Å². The molecule has 5 heteroatoms. The zero-order valence-corrected chi connectivity index (χ0v) is 9.41. The molecule has 1 aliphatic carbocycles. The zero-order chi connectivity index (χ0) is 11.0. The minimum atomic E-state index is 0.433. The Kier molecular flexibility index (Phi) is 2.36. The summed E-state index contributed by atoms with van der Waals surface area (Å²) in [6, 6.07) is 1.69. The molecule has 4 nitrogen and oxygen atoms in total. The van der Waals surface area contributed by atoms with Crippen molar-refractivity contribution in [3.63, 3.8) is 0 Å². The first kappa shape index (κ1) is 9.78. The van der Waals surface area contributed by atoms with Gasteiger partial charge in [-0.15, -0.1) is 0 Å².